The number of aromatic nitrogens is 5. The molecule has 0 fully saturated rings. The first kappa shape index (κ1) is 17.9. The van der Waals surface area contributed by atoms with Crippen LogP contribution in [0, 0.1) is 5.82 Å². The van der Waals surface area contributed by atoms with E-state index >= 15 is 0 Å². The Morgan fingerprint density at radius 1 is 1.11 bits per heavy atom. The number of benzene rings is 1. The van der Waals surface area contributed by atoms with Crippen molar-refractivity contribution in [3.63, 3.8) is 0 Å². The fourth-order valence-electron chi connectivity index (χ4n) is 3.41. The lowest BCUT2D eigenvalue weighted by molar-refractivity contribution is 0.207. The van der Waals surface area contributed by atoms with E-state index in [2.05, 4.69) is 51.7 Å². The van der Waals surface area contributed by atoms with Crippen molar-refractivity contribution in [1.29, 1.82) is 0 Å². The van der Waals surface area contributed by atoms with Gasteiger partial charge in [0.2, 0.25) is 0 Å². The Morgan fingerprint density at radius 2 is 1.93 bits per heavy atom. The van der Waals surface area contributed by atoms with Gasteiger partial charge in [0.1, 0.15) is 17.5 Å². The lowest BCUT2D eigenvalue weighted by Gasteiger charge is -2.27. The average molecular weight is 368 g/mol. The van der Waals surface area contributed by atoms with E-state index in [0.29, 0.717) is 12.0 Å². The summed E-state index contributed by atoms with van der Waals surface area (Å²) >= 11 is 0. The van der Waals surface area contributed by atoms with Gasteiger partial charge in [-0.25, -0.2) is 4.39 Å². The molecule has 0 atom stereocenters. The van der Waals surface area contributed by atoms with Crippen molar-refractivity contribution >= 4 is 0 Å². The lowest BCUT2D eigenvalue weighted by Crippen LogP contribution is -2.34. The fraction of sp³-hybridized carbons (Fsp3) is 0.450. The molecule has 0 N–H and O–H groups in total. The number of fused-ring (bicyclic) bond motifs is 1. The van der Waals surface area contributed by atoms with Crippen LogP contribution >= 0.6 is 0 Å². The van der Waals surface area contributed by atoms with E-state index in [9.17, 15) is 4.39 Å². The molecule has 3 aromatic rings. The number of nitrogens with zero attached hydrogens (tertiary/aromatic N) is 6. The van der Waals surface area contributed by atoms with E-state index in [1.165, 1.54) is 11.6 Å². The third-order valence-corrected chi connectivity index (χ3v) is 4.94. The van der Waals surface area contributed by atoms with Crippen molar-refractivity contribution in [2.24, 2.45) is 0 Å². The van der Waals surface area contributed by atoms with E-state index < -0.39 is 0 Å². The van der Waals surface area contributed by atoms with Gasteiger partial charge >= 0.3 is 0 Å². The largest absolute Gasteiger partial charge is 0.312 e. The first-order chi connectivity index (χ1) is 12.9. The molecule has 1 aliphatic heterocycles. The second kappa shape index (κ2) is 6.88. The van der Waals surface area contributed by atoms with Gasteiger partial charge in [-0.1, -0.05) is 18.2 Å². The van der Waals surface area contributed by atoms with Gasteiger partial charge in [0.25, 0.3) is 0 Å². The van der Waals surface area contributed by atoms with Crippen LogP contribution in [-0.4, -0.2) is 36.0 Å². The van der Waals surface area contributed by atoms with Crippen molar-refractivity contribution in [2.75, 3.05) is 6.54 Å². The molecule has 0 bridgehead atoms. The molecule has 3 heterocycles. The highest BCUT2D eigenvalue weighted by atomic mass is 19.1. The molecule has 7 heteroatoms. The third-order valence-electron chi connectivity index (χ3n) is 4.94. The van der Waals surface area contributed by atoms with Crippen molar-refractivity contribution in [3.05, 3.63) is 65.3 Å². The van der Waals surface area contributed by atoms with Crippen LogP contribution in [0.25, 0.3) is 0 Å². The molecule has 0 aliphatic carbocycles. The van der Waals surface area contributed by atoms with E-state index in [0.717, 1.165) is 37.8 Å². The molecular weight excluding hydrogens is 343 g/mol. The molecule has 4 rings (SSSR count). The van der Waals surface area contributed by atoms with Gasteiger partial charge in [-0.05, 0) is 32.4 Å². The van der Waals surface area contributed by atoms with Crippen molar-refractivity contribution in [1.82, 2.24) is 29.4 Å². The second-order valence-electron chi connectivity index (χ2n) is 8.13. The Labute approximate surface area is 158 Å². The molecule has 0 amide bonds. The van der Waals surface area contributed by atoms with Gasteiger partial charge < -0.3 is 4.57 Å². The van der Waals surface area contributed by atoms with E-state index in [4.69, 9.17) is 0 Å². The maximum Gasteiger partial charge on any atom is 0.147 e. The van der Waals surface area contributed by atoms with Crippen LogP contribution in [0.15, 0.2) is 36.7 Å². The first-order valence-corrected chi connectivity index (χ1v) is 9.31. The van der Waals surface area contributed by atoms with E-state index in [1.807, 2.05) is 16.9 Å². The number of hydrogen-bond acceptors (Lipinski definition) is 4. The predicted molar refractivity (Wildman–Crippen MR) is 101 cm³/mol. The molecule has 0 saturated heterocycles. The van der Waals surface area contributed by atoms with Gasteiger partial charge in [0.05, 0.1) is 18.3 Å². The van der Waals surface area contributed by atoms with Crippen molar-refractivity contribution in [3.8, 4) is 0 Å². The maximum absolute atomic E-state index is 13.9. The lowest BCUT2D eigenvalue weighted by atomic mass is 10.1. The average Bonchev–Trinajstić information content (AvgIpc) is 3.24. The Balaban J connectivity index is 1.45. The summed E-state index contributed by atoms with van der Waals surface area (Å²) in [7, 11) is 0. The minimum Gasteiger partial charge on any atom is -0.312 e. The molecule has 27 heavy (non-hydrogen) atoms. The quantitative estimate of drug-likeness (QED) is 0.710. The highest BCUT2D eigenvalue weighted by Gasteiger charge is 2.22. The highest BCUT2D eigenvalue weighted by Crippen LogP contribution is 2.19. The van der Waals surface area contributed by atoms with Gasteiger partial charge in [0, 0.05) is 37.8 Å². The smallest absolute Gasteiger partial charge is 0.147 e. The molecule has 1 aliphatic rings. The molecule has 0 saturated carbocycles. The van der Waals surface area contributed by atoms with Crippen LogP contribution in [0.3, 0.4) is 0 Å². The zero-order chi connectivity index (χ0) is 19.0. The Morgan fingerprint density at radius 3 is 2.67 bits per heavy atom. The van der Waals surface area contributed by atoms with Crippen molar-refractivity contribution < 1.29 is 4.39 Å². The SMILES string of the molecule is CC(C)(C)n1cc(CN2CCn3c(Cc4ccccc4F)nnc3C2)cn1. The summed E-state index contributed by atoms with van der Waals surface area (Å²) in [5.74, 6) is 1.58. The monoisotopic (exact) mass is 368 g/mol. The van der Waals surface area contributed by atoms with Crippen LogP contribution < -0.4 is 0 Å². The zero-order valence-electron chi connectivity index (χ0n) is 16.1. The van der Waals surface area contributed by atoms with E-state index in [1.54, 1.807) is 12.1 Å². The summed E-state index contributed by atoms with van der Waals surface area (Å²) in [4.78, 5) is 2.35. The second-order valence-corrected chi connectivity index (χ2v) is 8.13. The summed E-state index contributed by atoms with van der Waals surface area (Å²) in [6.45, 7) is 9.74. The van der Waals surface area contributed by atoms with Crippen LogP contribution in [0.4, 0.5) is 4.39 Å². The third kappa shape index (κ3) is 3.78. The summed E-state index contributed by atoms with van der Waals surface area (Å²) < 4.78 is 18.1. The minimum absolute atomic E-state index is 0.0120. The van der Waals surface area contributed by atoms with Gasteiger partial charge in [-0.15, -0.1) is 10.2 Å². The zero-order valence-corrected chi connectivity index (χ0v) is 16.1. The van der Waals surface area contributed by atoms with Gasteiger partial charge in [0.15, 0.2) is 0 Å². The topological polar surface area (TPSA) is 51.8 Å². The van der Waals surface area contributed by atoms with Crippen LogP contribution in [0.5, 0.6) is 0 Å². The molecule has 0 radical (unpaired) electrons. The summed E-state index contributed by atoms with van der Waals surface area (Å²) in [6, 6.07) is 6.85. The highest BCUT2D eigenvalue weighted by molar-refractivity contribution is 5.21. The normalized spacial score (nSPS) is 15.1. The van der Waals surface area contributed by atoms with Gasteiger partial charge in [-0.2, -0.15) is 5.10 Å². The molecule has 142 valence electrons. The Hall–Kier alpha value is -2.54. The van der Waals surface area contributed by atoms with E-state index in [-0.39, 0.29) is 11.4 Å². The molecule has 1 aromatic carbocycles. The summed E-state index contributed by atoms with van der Waals surface area (Å²) in [5.41, 5.74) is 1.84. The molecule has 0 unspecified atom stereocenters. The number of hydrogen-bond donors (Lipinski definition) is 0. The fourth-order valence-corrected chi connectivity index (χ4v) is 3.41. The molecular formula is C20H25FN6. The van der Waals surface area contributed by atoms with Crippen molar-refractivity contribution in [2.45, 2.75) is 52.4 Å². The summed E-state index contributed by atoms with van der Waals surface area (Å²) in [6.07, 6.45) is 4.52. The molecule has 2 aromatic heterocycles. The first-order valence-electron chi connectivity index (χ1n) is 9.31. The number of halogens is 1. The van der Waals surface area contributed by atoms with Crippen LogP contribution in [0.2, 0.25) is 0 Å². The number of rotatable bonds is 4. The molecule has 0 spiro atoms. The predicted octanol–water partition coefficient (Wildman–Crippen LogP) is 2.98. The Bertz CT molecular complexity index is 936. The maximum atomic E-state index is 13.9. The summed E-state index contributed by atoms with van der Waals surface area (Å²) in [5, 5.41) is 13.1. The minimum atomic E-state index is -0.192. The molecule has 6 nitrogen and oxygen atoms in total. The van der Waals surface area contributed by atoms with Crippen LogP contribution in [0.1, 0.15) is 43.5 Å². The standard InChI is InChI=1S/C20H25FN6/c1-20(2,3)27-13-15(11-22-27)12-25-8-9-26-18(23-24-19(26)14-25)10-16-6-4-5-7-17(16)21/h4-7,11,13H,8-10,12,14H2,1-3H3. The Kier molecular flexibility index (Phi) is 4.55. The van der Waals surface area contributed by atoms with Crippen LogP contribution in [-0.2, 0) is 31.6 Å². The van der Waals surface area contributed by atoms with Gasteiger partial charge in [-0.3, -0.25) is 9.58 Å².